The zero-order valence-corrected chi connectivity index (χ0v) is 7.90. The van der Waals surface area contributed by atoms with E-state index in [0.717, 1.165) is 0 Å². The third-order valence-corrected chi connectivity index (χ3v) is 3.58. The van der Waals surface area contributed by atoms with Gasteiger partial charge in [-0.05, 0) is 0 Å². The minimum Gasteiger partial charge on any atom is -0.412 e. The van der Waals surface area contributed by atoms with Crippen molar-refractivity contribution in [3.8, 4) is 0 Å². The molecule has 0 aliphatic carbocycles. The van der Waals surface area contributed by atoms with E-state index in [9.17, 15) is 0 Å². The summed E-state index contributed by atoms with van der Waals surface area (Å²) in [5.41, 5.74) is 0. The molecule has 2 radical (unpaired) electrons. The van der Waals surface area contributed by atoms with Crippen LogP contribution in [-0.4, -0.2) is 31.0 Å². The molecule has 7 heavy (non-hydrogen) atoms. The van der Waals surface area contributed by atoms with Crippen LogP contribution in [-0.2, 0) is 0 Å². The van der Waals surface area contributed by atoms with Crippen LogP contribution in [0.5, 0.6) is 0 Å². The molecule has 0 spiro atoms. The smallest absolute Gasteiger partial charge is 0.412 e. The quantitative estimate of drug-likeness (QED) is 0.604. The Hall–Kier alpha value is 1.01. The standard InChI is InChI=1S/C3H7.ClH.2H2O.Sn/c1-3-2;;;;/h1,3H2,2H3;1H;2*1H2;/q;;;;+1/p-1. The van der Waals surface area contributed by atoms with Crippen LogP contribution in [0.2, 0.25) is 4.44 Å². The summed E-state index contributed by atoms with van der Waals surface area (Å²) in [7, 11) is 5.47. The molecule has 0 heterocycles. The van der Waals surface area contributed by atoms with Crippen LogP contribution >= 0.6 is 8.92 Å². The molecule has 0 fully saturated rings. The van der Waals surface area contributed by atoms with Gasteiger partial charge in [-0.2, -0.15) is 0 Å². The Morgan fingerprint density at radius 1 is 1.43 bits per heavy atom. The maximum atomic E-state index is 5.47. The van der Waals surface area contributed by atoms with Gasteiger partial charge in [-0.25, -0.2) is 0 Å². The normalized spacial score (nSPS) is 6.00. The summed E-state index contributed by atoms with van der Waals surface area (Å²) in [6.45, 7) is 2.17. The molecule has 0 aliphatic heterocycles. The van der Waals surface area contributed by atoms with Crippen LogP contribution in [0.3, 0.4) is 0 Å². The van der Waals surface area contributed by atoms with Gasteiger partial charge in [-0.15, -0.1) is 0 Å². The maximum Gasteiger partial charge on any atom is -0.412 e. The van der Waals surface area contributed by atoms with Crippen molar-refractivity contribution in [3.05, 3.63) is 0 Å². The summed E-state index contributed by atoms with van der Waals surface area (Å²) >= 11 is -0.322. The predicted molar refractivity (Wildman–Crippen MR) is 33.9 cm³/mol. The summed E-state index contributed by atoms with van der Waals surface area (Å²) < 4.78 is 1.32. The average Bonchev–Trinajstić information content (AvgIpc) is 1.41. The summed E-state index contributed by atoms with van der Waals surface area (Å²) in [6.07, 6.45) is 1.29. The van der Waals surface area contributed by atoms with Gasteiger partial charge in [0.2, 0.25) is 0 Å². The maximum absolute atomic E-state index is 5.47. The monoisotopic (exact) mass is 234 g/mol. The number of hydrogen-bond donors (Lipinski definition) is 0. The Bertz CT molecular complexity index is 20.4. The second-order valence-corrected chi connectivity index (χ2v) is 4.87. The van der Waals surface area contributed by atoms with Crippen molar-refractivity contribution in [1.82, 2.24) is 0 Å². The van der Waals surface area contributed by atoms with Gasteiger partial charge in [-0.3, -0.25) is 0 Å². The molecule has 0 rings (SSSR count). The fraction of sp³-hybridized carbons (Fsp3) is 1.00. The van der Waals surface area contributed by atoms with Gasteiger partial charge in [0.15, 0.2) is 0 Å². The van der Waals surface area contributed by atoms with Crippen LogP contribution in [0.4, 0.5) is 0 Å². The summed E-state index contributed by atoms with van der Waals surface area (Å²) in [5.74, 6) is 0. The van der Waals surface area contributed by atoms with Gasteiger partial charge in [0.25, 0.3) is 0 Å². The molecule has 4 heteroatoms. The van der Waals surface area contributed by atoms with E-state index in [1.54, 1.807) is 0 Å². The van der Waals surface area contributed by atoms with Crippen molar-refractivity contribution in [2.24, 2.45) is 0 Å². The number of hydrogen-bond acceptors (Lipinski definition) is 0. The first-order chi connectivity index (χ1) is 2.41. The topological polar surface area (TPSA) is 63.0 Å². The number of halogens is 1. The second-order valence-electron chi connectivity index (χ2n) is 0.884. The Morgan fingerprint density at radius 2 is 1.86 bits per heavy atom. The van der Waals surface area contributed by atoms with Crippen LogP contribution in [0.1, 0.15) is 13.3 Å². The van der Waals surface area contributed by atoms with Crippen LogP contribution < -0.4 is 0 Å². The van der Waals surface area contributed by atoms with Gasteiger partial charge >= 0.3 is 46.7 Å². The van der Waals surface area contributed by atoms with E-state index >= 15 is 0 Å². The van der Waals surface area contributed by atoms with Crippen molar-refractivity contribution in [1.29, 1.82) is 0 Å². The molecule has 0 saturated heterocycles. The first kappa shape index (κ1) is 15.7. The fourth-order valence-corrected chi connectivity index (χ4v) is 1.90. The van der Waals surface area contributed by atoms with Gasteiger partial charge < -0.3 is 11.0 Å². The molecule has 0 aromatic carbocycles. The molecule has 0 aromatic heterocycles. The second kappa shape index (κ2) is 15.7. The van der Waals surface area contributed by atoms with E-state index in [4.69, 9.17) is 8.92 Å². The molecule has 0 aliphatic rings. The Kier molecular flexibility index (Phi) is 35.3. The molecule has 4 N–H and O–H groups in total. The fourth-order valence-electron chi connectivity index (χ4n) is 0.0945. The Labute approximate surface area is 57.8 Å². The van der Waals surface area contributed by atoms with E-state index in [2.05, 4.69) is 6.92 Å². The molecular formula is C3H11ClO2Sn. The zero-order chi connectivity index (χ0) is 4.12. The van der Waals surface area contributed by atoms with Gasteiger partial charge in [-0.1, -0.05) is 0 Å². The Morgan fingerprint density at radius 3 is 1.86 bits per heavy atom. The molecule has 0 saturated carbocycles. The molecule has 0 atom stereocenters. The van der Waals surface area contributed by atoms with Crippen LogP contribution in [0, 0.1) is 0 Å². The van der Waals surface area contributed by atoms with Crippen molar-refractivity contribution in [3.63, 3.8) is 0 Å². The van der Waals surface area contributed by atoms with Gasteiger partial charge in [0, 0.05) is 0 Å². The third-order valence-electron chi connectivity index (χ3n) is 0.344. The van der Waals surface area contributed by atoms with Crippen molar-refractivity contribution in [2.45, 2.75) is 17.8 Å². The molecule has 0 amide bonds. The predicted octanol–water partition coefficient (Wildman–Crippen LogP) is 0.0233. The zero-order valence-electron chi connectivity index (χ0n) is 4.29. The molecule has 0 unspecified atom stereocenters. The van der Waals surface area contributed by atoms with E-state index in [-0.39, 0.29) is 31.0 Å². The van der Waals surface area contributed by atoms with Crippen LogP contribution in [0.25, 0.3) is 0 Å². The van der Waals surface area contributed by atoms with Crippen molar-refractivity contribution in [2.75, 3.05) is 0 Å². The molecular weight excluding hydrogens is 222 g/mol. The largest absolute Gasteiger partial charge is 0.412 e. The van der Waals surface area contributed by atoms with Crippen molar-refractivity contribution >= 4 is 28.9 Å². The minimum absolute atomic E-state index is 0. The molecule has 2 nitrogen and oxygen atoms in total. The Balaban J connectivity index is -0.0000000800. The van der Waals surface area contributed by atoms with Crippen molar-refractivity contribution < 1.29 is 11.0 Å². The first-order valence-corrected chi connectivity index (χ1v) is 7.38. The minimum atomic E-state index is -0.322. The van der Waals surface area contributed by atoms with Gasteiger partial charge in [0.1, 0.15) is 0 Å². The van der Waals surface area contributed by atoms with Gasteiger partial charge in [0.05, 0.1) is 0 Å². The average molecular weight is 233 g/mol. The van der Waals surface area contributed by atoms with E-state index in [1.165, 1.54) is 10.9 Å². The molecule has 0 aromatic rings. The molecule has 46 valence electrons. The molecule has 0 bridgehead atoms. The number of rotatable bonds is 2. The summed E-state index contributed by atoms with van der Waals surface area (Å²) in [6, 6.07) is 0. The first-order valence-electron chi connectivity index (χ1n) is 1.75. The summed E-state index contributed by atoms with van der Waals surface area (Å²) in [4.78, 5) is 0. The van der Waals surface area contributed by atoms with E-state index in [0.29, 0.717) is 0 Å². The van der Waals surface area contributed by atoms with E-state index < -0.39 is 0 Å². The third kappa shape index (κ3) is 19.4. The summed E-state index contributed by atoms with van der Waals surface area (Å²) in [5, 5.41) is 0. The SMILES string of the molecule is CC[CH2][Sn][Cl].O.O. The van der Waals surface area contributed by atoms with Crippen LogP contribution in [0.15, 0.2) is 0 Å². The van der Waals surface area contributed by atoms with E-state index in [1.807, 2.05) is 0 Å².